The lowest BCUT2D eigenvalue weighted by atomic mass is 9.85. The molecule has 4 nitrogen and oxygen atoms in total. The third kappa shape index (κ3) is 2.88. The van der Waals surface area contributed by atoms with Crippen molar-refractivity contribution < 1.29 is 4.79 Å². The maximum absolute atomic E-state index is 12.5. The minimum Gasteiger partial charge on any atom is -0.337 e. The summed E-state index contributed by atoms with van der Waals surface area (Å²) in [6.07, 6.45) is 8.88. The van der Waals surface area contributed by atoms with Crippen LogP contribution in [0.15, 0.2) is 36.4 Å². The van der Waals surface area contributed by atoms with Gasteiger partial charge in [0.15, 0.2) is 0 Å². The summed E-state index contributed by atoms with van der Waals surface area (Å²) in [5, 5.41) is 6.50. The molecule has 2 atom stereocenters. The van der Waals surface area contributed by atoms with Crippen molar-refractivity contribution in [2.45, 2.75) is 37.6 Å². The van der Waals surface area contributed by atoms with Crippen LogP contribution in [0, 0.1) is 5.92 Å². The third-order valence-corrected chi connectivity index (χ3v) is 5.55. The Morgan fingerprint density at radius 3 is 2.78 bits per heavy atom. The van der Waals surface area contributed by atoms with Gasteiger partial charge in [0.1, 0.15) is 0 Å². The van der Waals surface area contributed by atoms with Gasteiger partial charge in [0.05, 0.1) is 0 Å². The van der Waals surface area contributed by atoms with Gasteiger partial charge in [-0.15, -0.1) is 0 Å². The Bertz CT molecular complexity index is 606. The molecular weight excluding hydrogens is 286 g/mol. The van der Waals surface area contributed by atoms with Gasteiger partial charge < -0.3 is 10.6 Å². The molecule has 0 unspecified atom stereocenters. The Morgan fingerprint density at radius 1 is 1.09 bits per heavy atom. The van der Waals surface area contributed by atoms with Crippen LogP contribution in [0.1, 0.15) is 37.2 Å². The van der Waals surface area contributed by atoms with Crippen LogP contribution in [0.25, 0.3) is 0 Å². The molecule has 1 aliphatic carbocycles. The summed E-state index contributed by atoms with van der Waals surface area (Å²) in [6.45, 7) is 2.99. The number of allylic oxidation sites excluding steroid dienone is 1. The molecule has 4 heteroatoms. The molecule has 1 aromatic carbocycles. The van der Waals surface area contributed by atoms with Crippen molar-refractivity contribution in [3.63, 3.8) is 0 Å². The Kier molecular flexibility index (Phi) is 4.08. The Labute approximate surface area is 137 Å². The van der Waals surface area contributed by atoms with Gasteiger partial charge >= 0.3 is 6.03 Å². The highest BCUT2D eigenvalue weighted by Gasteiger charge is 2.36. The number of urea groups is 1. The predicted molar refractivity (Wildman–Crippen MR) is 92.8 cm³/mol. The van der Waals surface area contributed by atoms with Crippen LogP contribution in [-0.4, -0.2) is 31.7 Å². The first-order chi connectivity index (χ1) is 11.3. The van der Waals surface area contributed by atoms with Crippen molar-refractivity contribution in [2.75, 3.05) is 24.5 Å². The molecule has 2 saturated heterocycles. The number of nitrogens with one attached hydrogen (secondary N) is 2. The number of nitrogens with zero attached hydrogens (tertiary/aromatic N) is 1. The largest absolute Gasteiger partial charge is 0.337 e. The highest BCUT2D eigenvalue weighted by Crippen LogP contribution is 2.34. The van der Waals surface area contributed by atoms with E-state index in [9.17, 15) is 4.79 Å². The molecular formula is C19H25N3O. The number of carbonyl (C=O) groups is 1. The van der Waals surface area contributed by atoms with Crippen LogP contribution in [0.5, 0.6) is 0 Å². The molecule has 3 aliphatic rings. The summed E-state index contributed by atoms with van der Waals surface area (Å²) in [7, 11) is 0. The Hall–Kier alpha value is -1.81. The first-order valence-electron chi connectivity index (χ1n) is 8.85. The fraction of sp³-hybridized carbons (Fsp3) is 0.526. The molecule has 0 radical (unpaired) electrons. The van der Waals surface area contributed by atoms with Gasteiger partial charge in [-0.2, -0.15) is 0 Å². The Balaban J connectivity index is 1.62. The van der Waals surface area contributed by atoms with Crippen molar-refractivity contribution in [1.82, 2.24) is 10.6 Å². The van der Waals surface area contributed by atoms with E-state index in [0.717, 1.165) is 38.2 Å². The second-order valence-electron chi connectivity index (χ2n) is 6.95. The molecule has 23 heavy (non-hydrogen) atoms. The van der Waals surface area contributed by atoms with Crippen LogP contribution in [0.2, 0.25) is 0 Å². The third-order valence-electron chi connectivity index (χ3n) is 5.55. The number of amides is 2. The number of carbonyl (C=O) groups excluding carboxylic acids is 1. The van der Waals surface area contributed by atoms with E-state index in [-0.39, 0.29) is 6.03 Å². The molecule has 2 aliphatic heterocycles. The first-order valence-corrected chi connectivity index (χ1v) is 8.85. The number of fused-ring (bicyclic) bond motifs is 1. The lowest BCUT2D eigenvalue weighted by Crippen LogP contribution is -2.58. The molecule has 0 spiro atoms. The normalized spacial score (nSPS) is 28.3. The molecule has 122 valence electrons. The van der Waals surface area contributed by atoms with Crippen LogP contribution >= 0.6 is 0 Å². The molecule has 2 heterocycles. The number of anilines is 1. The number of rotatable bonds is 2. The van der Waals surface area contributed by atoms with E-state index < -0.39 is 0 Å². The minimum absolute atomic E-state index is 0.0593. The lowest BCUT2D eigenvalue weighted by Gasteiger charge is -2.42. The van der Waals surface area contributed by atoms with Crippen molar-refractivity contribution in [3.05, 3.63) is 42.0 Å². The first kappa shape index (κ1) is 14.8. The van der Waals surface area contributed by atoms with Crippen molar-refractivity contribution in [1.29, 1.82) is 0 Å². The molecule has 2 N–H and O–H groups in total. The molecule has 4 rings (SSSR count). The van der Waals surface area contributed by atoms with E-state index in [1.165, 1.54) is 18.4 Å². The van der Waals surface area contributed by atoms with Gasteiger partial charge in [0, 0.05) is 24.2 Å². The number of hydrogen-bond acceptors (Lipinski definition) is 2. The van der Waals surface area contributed by atoms with Gasteiger partial charge in [0.2, 0.25) is 0 Å². The van der Waals surface area contributed by atoms with Gasteiger partial charge in [-0.1, -0.05) is 24.3 Å². The van der Waals surface area contributed by atoms with E-state index in [0.29, 0.717) is 17.9 Å². The maximum atomic E-state index is 12.5. The van der Waals surface area contributed by atoms with Crippen LogP contribution in [-0.2, 0) is 0 Å². The second-order valence-corrected chi connectivity index (χ2v) is 6.95. The summed E-state index contributed by atoms with van der Waals surface area (Å²) in [6, 6.07) is 9.03. The van der Waals surface area contributed by atoms with Gasteiger partial charge in [0.25, 0.3) is 0 Å². The fourth-order valence-electron chi connectivity index (χ4n) is 4.24. The quantitative estimate of drug-likeness (QED) is 0.825. The standard InChI is InChI=1S/C19H25N3O/c23-19-21-13-16-4-1-2-7-18(16)22(19)17-6-3-5-15(12-17)14-8-10-20-11-9-14/h1-3,5-6,12,14,16,18,20H,4,7-11,13H2,(H,21,23)/t16-,18-/m1/s1. The van der Waals surface area contributed by atoms with Gasteiger partial charge in [-0.3, -0.25) is 4.90 Å². The van der Waals surface area contributed by atoms with E-state index >= 15 is 0 Å². The average molecular weight is 311 g/mol. The molecule has 2 amide bonds. The van der Waals surface area contributed by atoms with E-state index in [1.54, 1.807) is 0 Å². The van der Waals surface area contributed by atoms with E-state index in [4.69, 9.17) is 0 Å². The average Bonchev–Trinajstić information content (AvgIpc) is 2.62. The SMILES string of the molecule is O=C1NC[C@H]2CC=CC[C@H]2N1c1cccc(C2CCNCC2)c1. The zero-order valence-corrected chi connectivity index (χ0v) is 13.5. The van der Waals surface area contributed by atoms with Crippen LogP contribution < -0.4 is 15.5 Å². The predicted octanol–water partition coefficient (Wildman–Crippen LogP) is 3.02. The minimum atomic E-state index is 0.0593. The summed E-state index contributed by atoms with van der Waals surface area (Å²) in [5.41, 5.74) is 2.44. The number of piperidine rings is 1. The summed E-state index contributed by atoms with van der Waals surface area (Å²) < 4.78 is 0. The maximum Gasteiger partial charge on any atom is 0.322 e. The Morgan fingerprint density at radius 2 is 1.91 bits per heavy atom. The molecule has 0 bridgehead atoms. The monoisotopic (exact) mass is 311 g/mol. The van der Waals surface area contributed by atoms with Crippen molar-refractivity contribution in [3.8, 4) is 0 Å². The van der Waals surface area contributed by atoms with E-state index in [1.807, 2.05) is 4.90 Å². The van der Waals surface area contributed by atoms with E-state index in [2.05, 4.69) is 47.1 Å². The molecule has 0 saturated carbocycles. The summed E-state index contributed by atoms with van der Waals surface area (Å²) >= 11 is 0. The lowest BCUT2D eigenvalue weighted by molar-refractivity contribution is 0.225. The second kappa shape index (κ2) is 6.36. The number of benzene rings is 1. The van der Waals surface area contributed by atoms with Crippen molar-refractivity contribution >= 4 is 11.7 Å². The van der Waals surface area contributed by atoms with Crippen LogP contribution in [0.4, 0.5) is 10.5 Å². The number of hydrogen-bond donors (Lipinski definition) is 2. The topological polar surface area (TPSA) is 44.4 Å². The van der Waals surface area contributed by atoms with Gasteiger partial charge in [-0.05, 0) is 62.4 Å². The van der Waals surface area contributed by atoms with Crippen molar-refractivity contribution in [2.24, 2.45) is 5.92 Å². The van der Waals surface area contributed by atoms with Gasteiger partial charge in [-0.25, -0.2) is 4.79 Å². The zero-order valence-electron chi connectivity index (χ0n) is 13.5. The summed E-state index contributed by atoms with van der Waals surface area (Å²) in [5.74, 6) is 1.14. The fourth-order valence-corrected chi connectivity index (χ4v) is 4.24. The molecule has 1 aromatic rings. The van der Waals surface area contributed by atoms with Crippen LogP contribution in [0.3, 0.4) is 0 Å². The summed E-state index contributed by atoms with van der Waals surface area (Å²) in [4.78, 5) is 14.5. The molecule has 0 aromatic heterocycles. The smallest absolute Gasteiger partial charge is 0.322 e. The molecule has 2 fully saturated rings. The highest BCUT2D eigenvalue weighted by molar-refractivity contribution is 5.93. The zero-order chi connectivity index (χ0) is 15.6. The highest BCUT2D eigenvalue weighted by atomic mass is 16.2.